The molecule has 5 heteroatoms. The zero-order chi connectivity index (χ0) is 13.7. The predicted molar refractivity (Wildman–Crippen MR) is 79.2 cm³/mol. The lowest BCUT2D eigenvalue weighted by atomic mass is 10.1. The van der Waals surface area contributed by atoms with E-state index in [0.29, 0.717) is 0 Å². The van der Waals surface area contributed by atoms with Gasteiger partial charge in [0.25, 0.3) is 0 Å². The van der Waals surface area contributed by atoms with Crippen LogP contribution in [0.1, 0.15) is 30.8 Å². The highest BCUT2D eigenvalue weighted by molar-refractivity contribution is 9.10. The molecule has 2 N–H and O–H groups in total. The largest absolute Gasteiger partial charge is 0.497 e. The van der Waals surface area contributed by atoms with Gasteiger partial charge < -0.3 is 15.0 Å². The van der Waals surface area contributed by atoms with E-state index in [2.05, 4.69) is 38.1 Å². The monoisotopic (exact) mass is 323 g/mol. The van der Waals surface area contributed by atoms with Gasteiger partial charge in [0.15, 0.2) is 0 Å². The van der Waals surface area contributed by atoms with Gasteiger partial charge in [-0.05, 0) is 30.2 Å². The van der Waals surface area contributed by atoms with E-state index >= 15 is 0 Å². The van der Waals surface area contributed by atoms with E-state index in [-0.39, 0.29) is 6.04 Å². The molecule has 0 radical (unpaired) electrons. The molecule has 102 valence electrons. The lowest BCUT2D eigenvalue weighted by molar-refractivity contribution is 0.413. The number of ether oxygens (including phenoxy) is 1. The van der Waals surface area contributed by atoms with E-state index in [9.17, 15) is 0 Å². The van der Waals surface area contributed by atoms with Crippen LogP contribution in [0.25, 0.3) is 0 Å². The van der Waals surface area contributed by atoms with Crippen LogP contribution < -0.4 is 10.1 Å². The van der Waals surface area contributed by atoms with Crippen LogP contribution in [-0.2, 0) is 6.54 Å². The van der Waals surface area contributed by atoms with Crippen LogP contribution in [0.2, 0.25) is 0 Å². The summed E-state index contributed by atoms with van der Waals surface area (Å²) in [7, 11) is 1.68. The normalized spacial score (nSPS) is 12.4. The number of benzene rings is 1. The summed E-state index contributed by atoms with van der Waals surface area (Å²) in [5.74, 6) is 1.84. The van der Waals surface area contributed by atoms with Gasteiger partial charge in [-0.1, -0.05) is 22.9 Å². The first-order chi connectivity index (χ1) is 9.24. The van der Waals surface area contributed by atoms with Gasteiger partial charge >= 0.3 is 0 Å². The molecule has 1 atom stereocenters. The molecule has 0 aliphatic rings. The standard InChI is InChI=1S/C14H18BrN3O/c1-3-13(14-16-6-7-17-14)18-9-10-8-11(19-2)4-5-12(10)15/h4-8,13,18H,3,9H2,1-2H3,(H,16,17). The lowest BCUT2D eigenvalue weighted by Gasteiger charge is -2.15. The van der Waals surface area contributed by atoms with Crippen molar-refractivity contribution in [1.82, 2.24) is 15.3 Å². The number of aromatic nitrogens is 2. The molecule has 0 bridgehead atoms. The topological polar surface area (TPSA) is 49.9 Å². The van der Waals surface area contributed by atoms with E-state index in [0.717, 1.165) is 29.0 Å². The lowest BCUT2D eigenvalue weighted by Crippen LogP contribution is -2.21. The fourth-order valence-electron chi connectivity index (χ4n) is 1.95. The molecule has 0 fully saturated rings. The Morgan fingerprint density at radius 3 is 2.95 bits per heavy atom. The fraction of sp³-hybridized carbons (Fsp3) is 0.357. The summed E-state index contributed by atoms with van der Waals surface area (Å²) < 4.78 is 6.33. The van der Waals surface area contributed by atoms with Gasteiger partial charge in [-0.3, -0.25) is 0 Å². The quantitative estimate of drug-likeness (QED) is 0.856. The number of nitrogens with one attached hydrogen (secondary N) is 2. The van der Waals surface area contributed by atoms with Crippen molar-refractivity contribution in [3.05, 3.63) is 46.5 Å². The van der Waals surface area contributed by atoms with Crippen molar-refractivity contribution in [3.8, 4) is 5.75 Å². The molecule has 0 aliphatic carbocycles. The van der Waals surface area contributed by atoms with E-state index in [1.165, 1.54) is 5.56 Å². The third-order valence-electron chi connectivity index (χ3n) is 3.05. The van der Waals surface area contributed by atoms with Gasteiger partial charge in [0.05, 0.1) is 13.2 Å². The van der Waals surface area contributed by atoms with Crippen molar-refractivity contribution < 1.29 is 4.74 Å². The summed E-state index contributed by atoms with van der Waals surface area (Å²) in [4.78, 5) is 7.45. The Labute approximate surface area is 121 Å². The molecule has 0 saturated carbocycles. The number of hydrogen-bond acceptors (Lipinski definition) is 3. The maximum atomic E-state index is 5.25. The third-order valence-corrected chi connectivity index (χ3v) is 3.82. The summed E-state index contributed by atoms with van der Waals surface area (Å²) in [5, 5.41) is 3.50. The number of H-pyrrole nitrogens is 1. The van der Waals surface area contributed by atoms with E-state index in [1.54, 1.807) is 13.3 Å². The number of nitrogens with zero attached hydrogens (tertiary/aromatic N) is 1. The van der Waals surface area contributed by atoms with Gasteiger partial charge in [0.1, 0.15) is 11.6 Å². The first-order valence-electron chi connectivity index (χ1n) is 6.29. The van der Waals surface area contributed by atoms with Gasteiger partial charge in [0, 0.05) is 23.4 Å². The van der Waals surface area contributed by atoms with Crippen molar-refractivity contribution in [3.63, 3.8) is 0 Å². The average molecular weight is 324 g/mol. The number of methoxy groups -OCH3 is 1. The molecule has 2 rings (SSSR count). The summed E-state index contributed by atoms with van der Waals surface area (Å²) in [6, 6.07) is 6.21. The molecule has 1 heterocycles. The van der Waals surface area contributed by atoms with Crippen LogP contribution in [0, 0.1) is 0 Å². The Hall–Kier alpha value is -1.33. The van der Waals surface area contributed by atoms with Gasteiger partial charge in [-0.2, -0.15) is 0 Å². The van der Waals surface area contributed by atoms with Crippen LogP contribution >= 0.6 is 15.9 Å². The van der Waals surface area contributed by atoms with Gasteiger partial charge in [-0.25, -0.2) is 4.98 Å². The number of hydrogen-bond donors (Lipinski definition) is 2. The maximum absolute atomic E-state index is 5.25. The Kier molecular flexibility index (Phi) is 4.99. The van der Waals surface area contributed by atoms with E-state index in [4.69, 9.17) is 4.74 Å². The number of rotatable bonds is 6. The van der Waals surface area contributed by atoms with Gasteiger partial charge in [0.2, 0.25) is 0 Å². The molecule has 0 saturated heterocycles. The first-order valence-corrected chi connectivity index (χ1v) is 7.09. The zero-order valence-corrected chi connectivity index (χ0v) is 12.7. The van der Waals surface area contributed by atoms with Crippen LogP contribution in [0.15, 0.2) is 35.1 Å². The second-order valence-electron chi connectivity index (χ2n) is 4.27. The van der Waals surface area contributed by atoms with E-state index < -0.39 is 0 Å². The maximum Gasteiger partial charge on any atom is 0.123 e. The minimum absolute atomic E-state index is 0.230. The van der Waals surface area contributed by atoms with Crippen LogP contribution in [0.3, 0.4) is 0 Å². The predicted octanol–water partition coefficient (Wildman–Crippen LogP) is 3.42. The summed E-state index contributed by atoms with van der Waals surface area (Å²) in [6.45, 7) is 2.90. The molecule has 2 aromatic rings. The molecule has 1 aromatic heterocycles. The SMILES string of the molecule is CCC(NCc1cc(OC)ccc1Br)c1ncc[nH]1. The molecule has 19 heavy (non-hydrogen) atoms. The van der Waals surface area contributed by atoms with Crippen molar-refractivity contribution in [2.24, 2.45) is 0 Å². The molecular weight excluding hydrogens is 306 g/mol. The third kappa shape index (κ3) is 3.58. The summed E-state index contributed by atoms with van der Waals surface area (Å²) in [6.07, 6.45) is 4.61. The van der Waals surface area contributed by atoms with Crippen LogP contribution in [0.5, 0.6) is 5.75 Å². The van der Waals surface area contributed by atoms with Gasteiger partial charge in [-0.15, -0.1) is 0 Å². The molecule has 1 aromatic carbocycles. The minimum Gasteiger partial charge on any atom is -0.497 e. The van der Waals surface area contributed by atoms with Crippen molar-refractivity contribution in [2.75, 3.05) is 7.11 Å². The Bertz CT molecular complexity index is 513. The summed E-state index contributed by atoms with van der Waals surface area (Å²) in [5.41, 5.74) is 1.17. The summed E-state index contributed by atoms with van der Waals surface area (Å²) >= 11 is 3.56. The number of aromatic amines is 1. The average Bonchev–Trinajstić information content (AvgIpc) is 2.95. The molecule has 0 aliphatic heterocycles. The fourth-order valence-corrected chi connectivity index (χ4v) is 2.34. The first kappa shape index (κ1) is 14.1. The minimum atomic E-state index is 0.230. The van der Waals surface area contributed by atoms with Crippen LogP contribution in [-0.4, -0.2) is 17.1 Å². The second kappa shape index (κ2) is 6.73. The molecular formula is C14H18BrN3O. The number of imidazole rings is 1. The Morgan fingerprint density at radius 2 is 2.32 bits per heavy atom. The van der Waals surface area contributed by atoms with Crippen molar-refractivity contribution in [2.45, 2.75) is 25.9 Å². The number of halogens is 1. The van der Waals surface area contributed by atoms with E-state index in [1.807, 2.05) is 24.4 Å². The Morgan fingerprint density at radius 1 is 1.47 bits per heavy atom. The van der Waals surface area contributed by atoms with Crippen molar-refractivity contribution >= 4 is 15.9 Å². The highest BCUT2D eigenvalue weighted by atomic mass is 79.9. The van der Waals surface area contributed by atoms with Crippen molar-refractivity contribution in [1.29, 1.82) is 0 Å². The molecule has 1 unspecified atom stereocenters. The molecule has 0 amide bonds. The van der Waals surface area contributed by atoms with Crippen LogP contribution in [0.4, 0.5) is 0 Å². The smallest absolute Gasteiger partial charge is 0.123 e. The highest BCUT2D eigenvalue weighted by Gasteiger charge is 2.11. The zero-order valence-electron chi connectivity index (χ0n) is 11.1. The highest BCUT2D eigenvalue weighted by Crippen LogP contribution is 2.23. The molecule has 4 nitrogen and oxygen atoms in total. The second-order valence-corrected chi connectivity index (χ2v) is 5.13. The Balaban J connectivity index is 2.05. The molecule has 0 spiro atoms.